The molecule has 3 heterocycles. The summed E-state index contributed by atoms with van der Waals surface area (Å²) in [6, 6.07) is 97.7. The Labute approximate surface area is 428 Å². The summed E-state index contributed by atoms with van der Waals surface area (Å²) in [7, 11) is 0. The van der Waals surface area contributed by atoms with Gasteiger partial charge in [-0.2, -0.15) is 0 Å². The van der Waals surface area contributed by atoms with Gasteiger partial charge in [0.05, 0.1) is 16.7 Å². The monoisotopic (exact) mass is 943 g/mol. The Balaban J connectivity index is 1.23. The fourth-order valence-corrected chi connectivity index (χ4v) is 11.1. The third kappa shape index (κ3) is 7.23. The number of aromatic nitrogens is 3. The SMILES string of the molecule is c1ccc(-c2nc(-c3cc(-c4ccccc4)c(-n4c5c(-c6ccccc6)ccc(-c6ccccc6)c5c5c(-c6ccccc6)ccc(-c6ccccc6)c54)c(-c4ccccc4)c3)c3oc4ccccc4c3n2)cc1. The number of fused-ring (bicyclic) bond motifs is 6. The molecule has 0 amide bonds. The summed E-state index contributed by atoms with van der Waals surface area (Å²) in [6.07, 6.45) is 0. The van der Waals surface area contributed by atoms with Crippen LogP contribution in [0.4, 0.5) is 0 Å². The second-order valence-electron chi connectivity index (χ2n) is 18.8. The van der Waals surface area contributed by atoms with Gasteiger partial charge in [-0.1, -0.05) is 249 Å². The summed E-state index contributed by atoms with van der Waals surface area (Å²) in [5.41, 5.74) is 21.4. The smallest absolute Gasteiger partial charge is 0.180 e. The van der Waals surface area contributed by atoms with Crippen molar-refractivity contribution in [3.63, 3.8) is 0 Å². The molecule has 0 radical (unpaired) electrons. The van der Waals surface area contributed by atoms with Gasteiger partial charge in [-0.15, -0.1) is 0 Å². The van der Waals surface area contributed by atoms with Crippen LogP contribution < -0.4 is 0 Å². The van der Waals surface area contributed by atoms with E-state index in [-0.39, 0.29) is 0 Å². The minimum absolute atomic E-state index is 0.635. The van der Waals surface area contributed by atoms with Crippen molar-refractivity contribution in [1.29, 1.82) is 0 Å². The highest BCUT2D eigenvalue weighted by atomic mass is 16.3. The molecule has 0 fully saturated rings. The largest absolute Gasteiger partial charge is 0.452 e. The molecule has 0 bridgehead atoms. The normalized spacial score (nSPS) is 11.5. The maximum Gasteiger partial charge on any atom is 0.180 e. The van der Waals surface area contributed by atoms with Gasteiger partial charge in [-0.3, -0.25) is 0 Å². The van der Waals surface area contributed by atoms with Crippen molar-refractivity contribution < 1.29 is 4.42 Å². The van der Waals surface area contributed by atoms with E-state index in [1.165, 1.54) is 10.8 Å². The molecular formula is C70H45N3O. The zero-order valence-corrected chi connectivity index (χ0v) is 40.2. The summed E-state index contributed by atoms with van der Waals surface area (Å²) in [4.78, 5) is 10.7. The Hall–Kier alpha value is -9.90. The highest BCUT2D eigenvalue weighted by molar-refractivity contribution is 6.26. The third-order valence-corrected chi connectivity index (χ3v) is 14.4. The van der Waals surface area contributed by atoms with E-state index in [9.17, 15) is 0 Å². The van der Waals surface area contributed by atoms with E-state index in [2.05, 4.69) is 241 Å². The fraction of sp³-hybridized carbons (Fsp3) is 0. The van der Waals surface area contributed by atoms with E-state index in [1.807, 2.05) is 36.4 Å². The lowest BCUT2D eigenvalue weighted by atomic mass is 9.90. The topological polar surface area (TPSA) is 43.9 Å². The molecule has 4 heteroatoms. The maximum atomic E-state index is 6.85. The van der Waals surface area contributed by atoms with Gasteiger partial charge in [0, 0.05) is 49.5 Å². The maximum absolute atomic E-state index is 6.85. The minimum Gasteiger partial charge on any atom is -0.452 e. The van der Waals surface area contributed by atoms with E-state index >= 15 is 0 Å². The van der Waals surface area contributed by atoms with Crippen LogP contribution in [0.2, 0.25) is 0 Å². The molecule has 74 heavy (non-hydrogen) atoms. The van der Waals surface area contributed by atoms with Crippen molar-refractivity contribution >= 4 is 43.9 Å². The first-order chi connectivity index (χ1) is 36.7. The molecule has 4 nitrogen and oxygen atoms in total. The fourth-order valence-electron chi connectivity index (χ4n) is 11.1. The van der Waals surface area contributed by atoms with Gasteiger partial charge in [0.1, 0.15) is 16.8 Å². The van der Waals surface area contributed by atoms with Crippen molar-refractivity contribution in [2.75, 3.05) is 0 Å². The van der Waals surface area contributed by atoms with Crippen LogP contribution in [0.15, 0.2) is 277 Å². The first-order valence-electron chi connectivity index (χ1n) is 25.2. The summed E-state index contributed by atoms with van der Waals surface area (Å²) in [5.74, 6) is 0.635. The van der Waals surface area contributed by atoms with Crippen LogP contribution in [0.3, 0.4) is 0 Å². The Morgan fingerprint density at radius 1 is 0.297 bits per heavy atom. The molecule has 0 unspecified atom stereocenters. The Morgan fingerprint density at radius 2 is 0.649 bits per heavy atom. The van der Waals surface area contributed by atoms with E-state index < -0.39 is 0 Å². The molecular weight excluding hydrogens is 899 g/mol. The van der Waals surface area contributed by atoms with Crippen LogP contribution >= 0.6 is 0 Å². The molecule has 0 spiro atoms. The number of para-hydroxylation sites is 1. The van der Waals surface area contributed by atoms with Crippen LogP contribution in [0.5, 0.6) is 0 Å². The third-order valence-electron chi connectivity index (χ3n) is 14.4. The molecule has 0 aliphatic carbocycles. The molecule has 0 aliphatic heterocycles. The van der Waals surface area contributed by atoms with E-state index in [4.69, 9.17) is 14.4 Å². The van der Waals surface area contributed by atoms with E-state index in [1.54, 1.807) is 0 Å². The van der Waals surface area contributed by atoms with Gasteiger partial charge in [-0.05, 0) is 68.8 Å². The zero-order valence-electron chi connectivity index (χ0n) is 40.2. The lowest BCUT2D eigenvalue weighted by Crippen LogP contribution is -2.04. The number of rotatable bonds is 9. The van der Waals surface area contributed by atoms with Crippen molar-refractivity contribution in [2.45, 2.75) is 0 Å². The van der Waals surface area contributed by atoms with Gasteiger partial charge in [0.2, 0.25) is 0 Å². The van der Waals surface area contributed by atoms with Gasteiger partial charge >= 0.3 is 0 Å². The molecule has 0 aliphatic rings. The molecule has 11 aromatic carbocycles. The Morgan fingerprint density at radius 3 is 1.08 bits per heavy atom. The van der Waals surface area contributed by atoms with Crippen molar-refractivity contribution in [3.8, 4) is 95.1 Å². The molecule has 0 saturated carbocycles. The molecule has 3 aromatic heterocycles. The zero-order chi connectivity index (χ0) is 49.0. The Kier molecular flexibility index (Phi) is 10.5. The average molecular weight is 944 g/mol. The molecule has 14 aromatic rings. The number of hydrogen-bond donors (Lipinski definition) is 0. The summed E-state index contributed by atoms with van der Waals surface area (Å²) in [6.45, 7) is 0. The van der Waals surface area contributed by atoms with E-state index in [0.717, 1.165) is 117 Å². The number of benzene rings is 11. The van der Waals surface area contributed by atoms with Crippen molar-refractivity contribution in [1.82, 2.24) is 14.5 Å². The molecule has 0 saturated heterocycles. The van der Waals surface area contributed by atoms with Gasteiger partial charge in [-0.25, -0.2) is 9.97 Å². The van der Waals surface area contributed by atoms with Crippen LogP contribution in [0, 0.1) is 0 Å². The number of nitrogens with zero attached hydrogens (tertiary/aromatic N) is 3. The van der Waals surface area contributed by atoms with Crippen LogP contribution in [0.1, 0.15) is 0 Å². The highest BCUT2D eigenvalue weighted by Crippen LogP contribution is 2.52. The van der Waals surface area contributed by atoms with Crippen LogP contribution in [-0.4, -0.2) is 14.5 Å². The van der Waals surface area contributed by atoms with Crippen molar-refractivity contribution in [3.05, 3.63) is 273 Å². The number of hydrogen-bond acceptors (Lipinski definition) is 3. The molecule has 0 atom stereocenters. The number of furan rings is 1. The summed E-state index contributed by atoms with van der Waals surface area (Å²) < 4.78 is 9.47. The lowest BCUT2D eigenvalue weighted by molar-refractivity contribution is 0.667. The first kappa shape index (κ1) is 42.9. The minimum atomic E-state index is 0.635. The van der Waals surface area contributed by atoms with Gasteiger partial charge in [0.15, 0.2) is 11.4 Å². The van der Waals surface area contributed by atoms with Crippen molar-refractivity contribution in [2.24, 2.45) is 0 Å². The van der Waals surface area contributed by atoms with Crippen LogP contribution in [0.25, 0.3) is 139 Å². The van der Waals surface area contributed by atoms with Crippen LogP contribution in [-0.2, 0) is 0 Å². The second kappa shape index (κ2) is 18.1. The molecule has 346 valence electrons. The summed E-state index contributed by atoms with van der Waals surface area (Å²) in [5, 5.41) is 3.30. The summed E-state index contributed by atoms with van der Waals surface area (Å²) >= 11 is 0. The lowest BCUT2D eigenvalue weighted by Gasteiger charge is -2.23. The predicted molar refractivity (Wildman–Crippen MR) is 307 cm³/mol. The predicted octanol–water partition coefficient (Wildman–Crippen LogP) is 18.8. The van der Waals surface area contributed by atoms with Gasteiger partial charge < -0.3 is 8.98 Å². The molecule has 0 N–H and O–H groups in total. The first-order valence-corrected chi connectivity index (χ1v) is 25.2. The standard InChI is InChI=1S/C70H45N3O/c1-8-24-46(25-9-1)54-40-42-56(48-28-12-3-13-29-48)67-62(54)63-55(47-26-10-2-11-27-47)41-43-57(49-30-14-4-15-31-49)68(63)73(67)66-59(50-32-16-5-17-33-50)44-53(45-60(66)51-34-18-6-19-35-51)64-69-65(58-38-22-23-39-61(58)74-69)72-70(71-64)52-36-20-7-21-37-52/h1-45H. The Bertz CT molecular complexity index is 4160. The quantitative estimate of drug-likeness (QED) is 0.145. The highest BCUT2D eigenvalue weighted by Gasteiger charge is 2.30. The average Bonchev–Trinajstić information content (AvgIpc) is 4.05. The van der Waals surface area contributed by atoms with E-state index in [0.29, 0.717) is 11.4 Å². The second-order valence-corrected chi connectivity index (χ2v) is 18.8. The molecule has 14 rings (SSSR count). The van der Waals surface area contributed by atoms with Gasteiger partial charge in [0.25, 0.3) is 0 Å².